The van der Waals surface area contributed by atoms with E-state index < -0.39 is 5.97 Å². The number of fused-ring (bicyclic) bond motifs is 1. The maximum atomic E-state index is 11.2. The fraction of sp³-hybridized carbons (Fsp3) is 0.200. The number of pyridine rings is 1. The normalized spacial score (nSPS) is 10.9. The van der Waals surface area contributed by atoms with Crippen molar-refractivity contribution < 1.29 is 14.6 Å². The average molecular weight is 285 g/mol. The number of imidazole rings is 1. The van der Waals surface area contributed by atoms with Crippen molar-refractivity contribution in [1.82, 2.24) is 9.38 Å². The van der Waals surface area contributed by atoms with Crippen molar-refractivity contribution in [3.05, 3.63) is 34.2 Å². The molecule has 0 aliphatic rings. The number of carboxylic acids is 1. The van der Waals surface area contributed by atoms with Gasteiger partial charge in [-0.15, -0.1) is 0 Å². The lowest BCUT2D eigenvalue weighted by atomic mass is 10.3. The molecule has 0 bridgehead atoms. The molecule has 0 radical (unpaired) electrons. The number of halogens is 1. The van der Waals surface area contributed by atoms with Crippen molar-refractivity contribution in [2.24, 2.45) is 0 Å². The van der Waals surface area contributed by atoms with E-state index in [1.54, 1.807) is 12.3 Å². The molecule has 5 nitrogen and oxygen atoms in total. The molecule has 0 aromatic carbocycles. The molecule has 1 N–H and O–H groups in total. The molecular weight excluding hydrogens is 276 g/mol. The van der Waals surface area contributed by atoms with Crippen molar-refractivity contribution in [2.45, 2.75) is 6.61 Å². The van der Waals surface area contributed by atoms with Crippen molar-refractivity contribution in [3.8, 4) is 0 Å². The van der Waals surface area contributed by atoms with Crippen molar-refractivity contribution in [2.75, 3.05) is 7.11 Å². The minimum atomic E-state index is -1.02. The topological polar surface area (TPSA) is 63.8 Å². The Balaban J connectivity index is 2.72. The monoisotopic (exact) mass is 284 g/mol. The smallest absolute Gasteiger partial charge is 0.354 e. The van der Waals surface area contributed by atoms with E-state index in [2.05, 4.69) is 20.9 Å². The maximum absolute atomic E-state index is 11.2. The van der Waals surface area contributed by atoms with Crippen LogP contribution in [-0.2, 0) is 11.3 Å². The molecule has 0 unspecified atom stereocenters. The molecule has 0 aliphatic carbocycles. The zero-order chi connectivity index (χ0) is 11.7. The Hall–Kier alpha value is -1.40. The van der Waals surface area contributed by atoms with Gasteiger partial charge in [-0.2, -0.15) is 0 Å². The Morgan fingerprint density at radius 1 is 1.62 bits per heavy atom. The quantitative estimate of drug-likeness (QED) is 0.936. The van der Waals surface area contributed by atoms with Gasteiger partial charge in [0.1, 0.15) is 11.3 Å². The standard InChI is InChI=1S/C10H9BrN2O3/c1-16-5-7-9(10(14)15)13-4-6(11)2-3-8(13)12-7/h2-4H,5H2,1H3,(H,14,15). The van der Waals surface area contributed by atoms with E-state index in [4.69, 9.17) is 9.84 Å². The predicted molar refractivity (Wildman–Crippen MR) is 60.6 cm³/mol. The summed E-state index contributed by atoms with van der Waals surface area (Å²) in [6.45, 7) is 0.181. The van der Waals surface area contributed by atoms with Crippen LogP contribution in [0.4, 0.5) is 0 Å². The lowest BCUT2D eigenvalue weighted by molar-refractivity contribution is 0.0683. The number of carboxylic acid groups (broad SMARTS) is 1. The van der Waals surface area contributed by atoms with Crippen molar-refractivity contribution >= 4 is 27.5 Å². The summed E-state index contributed by atoms with van der Waals surface area (Å²) < 4.78 is 7.25. The van der Waals surface area contributed by atoms with Crippen LogP contribution in [0.5, 0.6) is 0 Å². The molecule has 84 valence electrons. The maximum Gasteiger partial charge on any atom is 0.354 e. The second kappa shape index (κ2) is 4.23. The number of hydrogen-bond donors (Lipinski definition) is 1. The first-order valence-electron chi connectivity index (χ1n) is 4.52. The Morgan fingerprint density at radius 3 is 3.00 bits per heavy atom. The van der Waals surface area contributed by atoms with E-state index in [0.717, 1.165) is 4.47 Å². The van der Waals surface area contributed by atoms with Gasteiger partial charge in [-0.25, -0.2) is 9.78 Å². The van der Waals surface area contributed by atoms with Crippen molar-refractivity contribution in [3.63, 3.8) is 0 Å². The highest BCUT2D eigenvalue weighted by molar-refractivity contribution is 9.10. The van der Waals surface area contributed by atoms with Gasteiger partial charge in [0, 0.05) is 17.8 Å². The van der Waals surface area contributed by atoms with Gasteiger partial charge in [0.05, 0.1) is 6.61 Å². The van der Waals surface area contributed by atoms with Crippen LogP contribution in [0, 0.1) is 0 Å². The third kappa shape index (κ3) is 1.81. The van der Waals surface area contributed by atoms with Crippen LogP contribution >= 0.6 is 15.9 Å². The Morgan fingerprint density at radius 2 is 2.38 bits per heavy atom. The molecule has 0 saturated carbocycles. The summed E-state index contributed by atoms with van der Waals surface area (Å²) in [5.41, 5.74) is 1.15. The molecule has 0 saturated heterocycles. The van der Waals surface area contributed by atoms with Crippen LogP contribution < -0.4 is 0 Å². The van der Waals surface area contributed by atoms with Gasteiger partial charge < -0.3 is 9.84 Å². The highest BCUT2D eigenvalue weighted by Gasteiger charge is 2.18. The van der Waals surface area contributed by atoms with Crippen LogP contribution in [-0.4, -0.2) is 27.6 Å². The van der Waals surface area contributed by atoms with Crippen LogP contribution in [0.2, 0.25) is 0 Å². The molecule has 6 heteroatoms. The van der Waals surface area contributed by atoms with Gasteiger partial charge in [-0.05, 0) is 28.1 Å². The third-order valence-electron chi connectivity index (χ3n) is 2.14. The van der Waals surface area contributed by atoms with Crippen LogP contribution in [0.15, 0.2) is 22.8 Å². The molecule has 2 aromatic rings. The number of aromatic carboxylic acids is 1. The minimum absolute atomic E-state index is 0.137. The summed E-state index contributed by atoms with van der Waals surface area (Å²) in [7, 11) is 1.51. The van der Waals surface area contributed by atoms with E-state index in [0.29, 0.717) is 11.3 Å². The highest BCUT2D eigenvalue weighted by Crippen LogP contribution is 2.17. The Kier molecular flexibility index (Phi) is 2.93. The van der Waals surface area contributed by atoms with Crippen LogP contribution in [0.1, 0.15) is 16.2 Å². The van der Waals surface area contributed by atoms with E-state index in [1.165, 1.54) is 11.5 Å². The fourth-order valence-corrected chi connectivity index (χ4v) is 1.87. The summed E-state index contributed by atoms with van der Waals surface area (Å²) in [6, 6.07) is 3.56. The molecule has 2 heterocycles. The van der Waals surface area contributed by atoms with E-state index in [1.807, 2.05) is 6.07 Å². The molecule has 0 atom stereocenters. The predicted octanol–water partition coefficient (Wildman–Crippen LogP) is 1.94. The van der Waals surface area contributed by atoms with Crippen LogP contribution in [0.3, 0.4) is 0 Å². The lowest BCUT2D eigenvalue weighted by Crippen LogP contribution is -2.06. The molecular formula is C10H9BrN2O3. The number of nitrogens with zero attached hydrogens (tertiary/aromatic N) is 2. The average Bonchev–Trinajstić information content (AvgIpc) is 2.55. The highest BCUT2D eigenvalue weighted by atomic mass is 79.9. The van der Waals surface area contributed by atoms with E-state index in [-0.39, 0.29) is 12.3 Å². The summed E-state index contributed by atoms with van der Waals surface area (Å²) in [4.78, 5) is 15.4. The third-order valence-corrected chi connectivity index (χ3v) is 2.61. The minimum Gasteiger partial charge on any atom is -0.477 e. The second-order valence-corrected chi connectivity index (χ2v) is 4.14. The van der Waals surface area contributed by atoms with Gasteiger partial charge in [0.15, 0.2) is 5.69 Å². The summed E-state index contributed by atoms with van der Waals surface area (Å²) in [5, 5.41) is 9.14. The molecule has 2 aromatic heterocycles. The van der Waals surface area contributed by atoms with Gasteiger partial charge >= 0.3 is 5.97 Å². The first-order valence-corrected chi connectivity index (χ1v) is 5.31. The first kappa shape index (κ1) is 11.1. The van der Waals surface area contributed by atoms with E-state index >= 15 is 0 Å². The molecule has 0 spiro atoms. The molecule has 2 rings (SSSR count). The molecule has 0 fully saturated rings. The lowest BCUT2D eigenvalue weighted by Gasteiger charge is -1.99. The van der Waals surface area contributed by atoms with Crippen molar-refractivity contribution in [1.29, 1.82) is 0 Å². The van der Waals surface area contributed by atoms with Gasteiger partial charge in [-0.1, -0.05) is 0 Å². The summed E-state index contributed by atoms with van der Waals surface area (Å²) in [5.74, 6) is -1.02. The van der Waals surface area contributed by atoms with E-state index in [9.17, 15) is 4.79 Å². The second-order valence-electron chi connectivity index (χ2n) is 3.22. The van der Waals surface area contributed by atoms with Gasteiger partial charge in [0.2, 0.25) is 0 Å². The number of ether oxygens (including phenoxy) is 1. The summed E-state index contributed by atoms with van der Waals surface area (Å²) >= 11 is 3.29. The fourth-order valence-electron chi connectivity index (χ4n) is 1.53. The largest absolute Gasteiger partial charge is 0.477 e. The first-order chi connectivity index (χ1) is 7.63. The zero-order valence-electron chi connectivity index (χ0n) is 8.48. The van der Waals surface area contributed by atoms with Crippen LogP contribution in [0.25, 0.3) is 5.65 Å². The Bertz CT molecular complexity index is 550. The SMILES string of the molecule is COCc1nc2ccc(Br)cn2c1C(=O)O. The number of hydrogen-bond acceptors (Lipinski definition) is 3. The number of rotatable bonds is 3. The molecule has 0 amide bonds. The van der Waals surface area contributed by atoms with Gasteiger partial charge in [0.25, 0.3) is 0 Å². The number of aromatic nitrogens is 2. The molecule has 0 aliphatic heterocycles. The van der Waals surface area contributed by atoms with Gasteiger partial charge in [-0.3, -0.25) is 4.40 Å². The number of methoxy groups -OCH3 is 1. The Labute approximate surface area is 99.8 Å². The number of carbonyl (C=O) groups is 1. The zero-order valence-corrected chi connectivity index (χ0v) is 10.1. The summed E-state index contributed by atoms with van der Waals surface area (Å²) in [6.07, 6.45) is 1.67. The molecule has 16 heavy (non-hydrogen) atoms.